The van der Waals surface area contributed by atoms with Gasteiger partial charge in [-0.3, -0.25) is 4.99 Å². The molecule has 0 saturated heterocycles. The molecule has 20 heavy (non-hydrogen) atoms. The number of aromatic nitrogens is 1. The fourth-order valence-electron chi connectivity index (χ4n) is 1.74. The summed E-state index contributed by atoms with van der Waals surface area (Å²) in [5.41, 5.74) is 0. The van der Waals surface area contributed by atoms with Crippen LogP contribution in [0.2, 0.25) is 0 Å². The zero-order valence-corrected chi connectivity index (χ0v) is 12.7. The lowest BCUT2D eigenvalue weighted by Crippen LogP contribution is -2.38. The summed E-state index contributed by atoms with van der Waals surface area (Å²) >= 11 is 0. The van der Waals surface area contributed by atoms with Crippen molar-refractivity contribution in [1.29, 1.82) is 0 Å². The lowest BCUT2D eigenvalue weighted by Gasteiger charge is -2.11. The Morgan fingerprint density at radius 3 is 2.50 bits per heavy atom. The quantitative estimate of drug-likeness (QED) is 0.368. The molecule has 0 fully saturated rings. The molecule has 5 nitrogen and oxygen atoms in total. The van der Waals surface area contributed by atoms with Gasteiger partial charge in [0.2, 0.25) is 0 Å². The van der Waals surface area contributed by atoms with E-state index in [2.05, 4.69) is 32.9 Å². The van der Waals surface area contributed by atoms with Gasteiger partial charge >= 0.3 is 0 Å². The third-order valence-corrected chi connectivity index (χ3v) is 2.91. The summed E-state index contributed by atoms with van der Waals surface area (Å²) in [6, 6.07) is 5.90. The van der Waals surface area contributed by atoms with Gasteiger partial charge in [0.1, 0.15) is 5.82 Å². The van der Waals surface area contributed by atoms with Crippen LogP contribution >= 0.6 is 0 Å². The van der Waals surface area contributed by atoms with Gasteiger partial charge in [-0.15, -0.1) is 0 Å². The SMILES string of the molecule is CCCCNC(=NC)NCCCCNc1ccccn1. The van der Waals surface area contributed by atoms with Crippen LogP contribution in [0.25, 0.3) is 0 Å². The summed E-state index contributed by atoms with van der Waals surface area (Å²) in [6.45, 7) is 5.06. The van der Waals surface area contributed by atoms with E-state index in [-0.39, 0.29) is 0 Å². The first-order valence-corrected chi connectivity index (χ1v) is 7.46. The predicted octanol–water partition coefficient (Wildman–Crippen LogP) is 2.24. The van der Waals surface area contributed by atoms with Crippen molar-refractivity contribution in [3.05, 3.63) is 24.4 Å². The minimum atomic E-state index is 0.899. The molecule has 0 aromatic carbocycles. The smallest absolute Gasteiger partial charge is 0.190 e. The highest BCUT2D eigenvalue weighted by molar-refractivity contribution is 5.79. The molecule has 0 aliphatic heterocycles. The van der Waals surface area contributed by atoms with Gasteiger partial charge < -0.3 is 16.0 Å². The lowest BCUT2D eigenvalue weighted by atomic mass is 10.3. The number of hydrogen-bond donors (Lipinski definition) is 3. The van der Waals surface area contributed by atoms with E-state index < -0.39 is 0 Å². The van der Waals surface area contributed by atoms with E-state index in [1.165, 1.54) is 12.8 Å². The van der Waals surface area contributed by atoms with E-state index in [0.29, 0.717) is 0 Å². The van der Waals surface area contributed by atoms with E-state index >= 15 is 0 Å². The minimum absolute atomic E-state index is 0.899. The van der Waals surface area contributed by atoms with Gasteiger partial charge in [-0.1, -0.05) is 19.4 Å². The average Bonchev–Trinajstić information content (AvgIpc) is 2.50. The van der Waals surface area contributed by atoms with Crippen molar-refractivity contribution in [1.82, 2.24) is 15.6 Å². The highest BCUT2D eigenvalue weighted by Crippen LogP contribution is 1.99. The molecule has 0 bridgehead atoms. The summed E-state index contributed by atoms with van der Waals surface area (Å²) in [4.78, 5) is 8.42. The molecule has 0 unspecified atom stereocenters. The number of aliphatic imine (C=N–C) groups is 1. The van der Waals surface area contributed by atoms with Crippen LogP contribution in [0.3, 0.4) is 0 Å². The molecule has 1 rings (SSSR count). The first kappa shape index (κ1) is 16.3. The number of nitrogens with zero attached hydrogens (tertiary/aromatic N) is 2. The Bertz CT molecular complexity index is 364. The molecule has 0 radical (unpaired) electrons. The van der Waals surface area contributed by atoms with Crippen LogP contribution in [0.15, 0.2) is 29.4 Å². The van der Waals surface area contributed by atoms with Gasteiger partial charge in [-0.25, -0.2) is 4.98 Å². The third-order valence-electron chi connectivity index (χ3n) is 2.91. The second-order valence-corrected chi connectivity index (χ2v) is 4.63. The van der Waals surface area contributed by atoms with Crippen LogP contribution in [0.5, 0.6) is 0 Å². The van der Waals surface area contributed by atoms with Crippen molar-refractivity contribution in [3.8, 4) is 0 Å². The third kappa shape index (κ3) is 7.61. The molecule has 1 aromatic rings. The van der Waals surface area contributed by atoms with E-state index in [4.69, 9.17) is 0 Å². The van der Waals surface area contributed by atoms with E-state index in [0.717, 1.165) is 44.3 Å². The first-order valence-electron chi connectivity index (χ1n) is 7.46. The van der Waals surface area contributed by atoms with Gasteiger partial charge in [0.25, 0.3) is 0 Å². The van der Waals surface area contributed by atoms with Gasteiger partial charge in [-0.2, -0.15) is 0 Å². The normalized spacial score (nSPS) is 11.2. The van der Waals surface area contributed by atoms with Crippen molar-refractivity contribution in [2.45, 2.75) is 32.6 Å². The number of hydrogen-bond acceptors (Lipinski definition) is 3. The molecule has 1 heterocycles. The van der Waals surface area contributed by atoms with Crippen LogP contribution in [0, 0.1) is 0 Å². The Hall–Kier alpha value is -1.78. The molecule has 1 aromatic heterocycles. The standard InChI is InChI=1S/C15H27N5/c1-3-4-10-19-15(16-2)20-13-8-7-12-18-14-9-5-6-11-17-14/h5-6,9,11H,3-4,7-8,10,12-13H2,1-2H3,(H,17,18)(H2,16,19,20). The molecule has 0 amide bonds. The summed E-state index contributed by atoms with van der Waals surface area (Å²) in [6.07, 6.45) is 6.39. The Labute approximate surface area is 122 Å². The largest absolute Gasteiger partial charge is 0.370 e. The number of unbranched alkanes of at least 4 members (excludes halogenated alkanes) is 2. The number of anilines is 1. The van der Waals surface area contributed by atoms with Crippen molar-refractivity contribution < 1.29 is 0 Å². The maximum Gasteiger partial charge on any atom is 0.190 e. The van der Waals surface area contributed by atoms with Gasteiger partial charge in [0.15, 0.2) is 5.96 Å². The summed E-state index contributed by atoms with van der Waals surface area (Å²) in [7, 11) is 1.81. The minimum Gasteiger partial charge on any atom is -0.370 e. The van der Waals surface area contributed by atoms with Crippen LogP contribution in [-0.2, 0) is 0 Å². The van der Waals surface area contributed by atoms with Crippen LogP contribution in [0.4, 0.5) is 5.82 Å². The van der Waals surface area contributed by atoms with E-state index in [1.807, 2.05) is 25.2 Å². The number of guanidine groups is 1. The van der Waals surface area contributed by atoms with Crippen LogP contribution in [0.1, 0.15) is 32.6 Å². The molecule has 0 atom stereocenters. The molecule has 0 aliphatic carbocycles. The molecule has 0 aliphatic rings. The molecular weight excluding hydrogens is 250 g/mol. The number of nitrogens with one attached hydrogen (secondary N) is 3. The van der Waals surface area contributed by atoms with Crippen molar-refractivity contribution in [2.24, 2.45) is 4.99 Å². The maximum absolute atomic E-state index is 4.22. The fourth-order valence-corrected chi connectivity index (χ4v) is 1.74. The lowest BCUT2D eigenvalue weighted by molar-refractivity contribution is 0.695. The zero-order chi connectivity index (χ0) is 14.5. The van der Waals surface area contributed by atoms with Gasteiger partial charge in [0, 0.05) is 32.9 Å². The Balaban J connectivity index is 2.01. The summed E-state index contributed by atoms with van der Waals surface area (Å²) in [5.74, 6) is 1.84. The predicted molar refractivity (Wildman–Crippen MR) is 86.2 cm³/mol. The van der Waals surface area contributed by atoms with Crippen molar-refractivity contribution >= 4 is 11.8 Å². The monoisotopic (exact) mass is 277 g/mol. The Morgan fingerprint density at radius 2 is 1.85 bits per heavy atom. The fraction of sp³-hybridized carbons (Fsp3) is 0.600. The first-order chi connectivity index (χ1) is 9.86. The highest BCUT2D eigenvalue weighted by atomic mass is 15.2. The molecular formula is C15H27N5. The average molecular weight is 277 g/mol. The molecule has 5 heteroatoms. The maximum atomic E-state index is 4.22. The molecule has 112 valence electrons. The Morgan fingerprint density at radius 1 is 1.10 bits per heavy atom. The van der Waals surface area contributed by atoms with Crippen molar-refractivity contribution in [3.63, 3.8) is 0 Å². The van der Waals surface area contributed by atoms with E-state index in [9.17, 15) is 0 Å². The highest BCUT2D eigenvalue weighted by Gasteiger charge is 1.96. The van der Waals surface area contributed by atoms with E-state index in [1.54, 1.807) is 6.20 Å². The van der Waals surface area contributed by atoms with Gasteiger partial charge in [0.05, 0.1) is 0 Å². The van der Waals surface area contributed by atoms with Crippen LogP contribution in [-0.4, -0.2) is 37.6 Å². The van der Waals surface area contributed by atoms with Crippen molar-refractivity contribution in [2.75, 3.05) is 32.0 Å². The summed E-state index contributed by atoms with van der Waals surface area (Å²) in [5, 5.41) is 9.93. The molecule has 0 spiro atoms. The number of pyridine rings is 1. The zero-order valence-electron chi connectivity index (χ0n) is 12.7. The number of rotatable bonds is 9. The second kappa shape index (κ2) is 11.1. The van der Waals surface area contributed by atoms with Crippen LogP contribution < -0.4 is 16.0 Å². The summed E-state index contributed by atoms with van der Waals surface area (Å²) < 4.78 is 0. The van der Waals surface area contributed by atoms with Gasteiger partial charge in [-0.05, 0) is 31.4 Å². The molecule has 0 saturated carbocycles. The molecule has 3 N–H and O–H groups in total. The Kier molecular flexibility index (Phi) is 9.02. The second-order valence-electron chi connectivity index (χ2n) is 4.63. The topological polar surface area (TPSA) is 61.3 Å².